The van der Waals surface area contributed by atoms with Crippen LogP contribution >= 0.6 is 0 Å². The maximum Gasteiger partial charge on any atom is 0.158 e. The lowest BCUT2D eigenvalue weighted by atomic mass is 9.73. The third kappa shape index (κ3) is 2.65. The van der Waals surface area contributed by atoms with Crippen molar-refractivity contribution >= 4 is 5.78 Å². The first-order valence-corrected chi connectivity index (χ1v) is 6.53. The number of rotatable bonds is 2. The number of likely N-dealkylation sites (N-methyl/N-ethyl adjacent to an activating group) is 1. The lowest BCUT2D eigenvalue weighted by Crippen LogP contribution is -2.54. The molecule has 0 atom stereocenters. The van der Waals surface area contributed by atoms with E-state index >= 15 is 0 Å². The van der Waals surface area contributed by atoms with Crippen LogP contribution < -0.4 is 0 Å². The Bertz CT molecular complexity index is 242. The molecule has 0 aromatic rings. The van der Waals surface area contributed by atoms with Gasteiger partial charge in [-0.05, 0) is 26.9 Å². The summed E-state index contributed by atoms with van der Waals surface area (Å²) in [6, 6.07) is 0. The van der Waals surface area contributed by atoms with Crippen LogP contribution in [0.4, 0.5) is 0 Å². The summed E-state index contributed by atoms with van der Waals surface area (Å²) in [5, 5.41) is 0. The van der Waals surface area contributed by atoms with Gasteiger partial charge in [-0.2, -0.15) is 0 Å². The third-order valence-corrected chi connectivity index (χ3v) is 3.89. The van der Waals surface area contributed by atoms with Crippen molar-refractivity contribution in [3.8, 4) is 0 Å². The van der Waals surface area contributed by atoms with Crippen molar-refractivity contribution in [1.29, 1.82) is 0 Å². The van der Waals surface area contributed by atoms with Crippen molar-refractivity contribution < 1.29 is 4.79 Å². The predicted molar refractivity (Wildman–Crippen MR) is 68.6 cm³/mol. The van der Waals surface area contributed by atoms with Gasteiger partial charge in [0.1, 0.15) is 0 Å². The van der Waals surface area contributed by atoms with Gasteiger partial charge in [-0.15, -0.1) is 0 Å². The summed E-state index contributed by atoms with van der Waals surface area (Å²) in [7, 11) is 4.13. The van der Waals surface area contributed by atoms with Crippen molar-refractivity contribution in [2.75, 3.05) is 14.1 Å². The number of ketones is 1. The van der Waals surface area contributed by atoms with Gasteiger partial charge in [0.2, 0.25) is 0 Å². The summed E-state index contributed by atoms with van der Waals surface area (Å²) >= 11 is 0. The quantitative estimate of drug-likeness (QED) is 0.672. The molecule has 1 saturated carbocycles. The molecule has 0 saturated heterocycles. The summed E-state index contributed by atoms with van der Waals surface area (Å²) in [4.78, 5) is 14.9. The number of hydrogen-bond donors (Lipinski definition) is 0. The Morgan fingerprint density at radius 1 is 1.00 bits per heavy atom. The zero-order chi connectivity index (χ0) is 12.4. The van der Waals surface area contributed by atoms with Crippen LogP contribution in [0.15, 0.2) is 0 Å². The Labute approximate surface area is 100 Å². The molecule has 0 heterocycles. The second-order valence-electron chi connectivity index (χ2n) is 6.42. The lowest BCUT2D eigenvalue weighted by Gasteiger charge is -2.42. The molecule has 0 aliphatic heterocycles. The van der Waals surface area contributed by atoms with E-state index in [1.807, 2.05) is 20.8 Å². The molecular weight excluding hydrogens is 198 g/mol. The fraction of sp³-hybridized carbons (Fsp3) is 0.929. The molecular formula is C14H27NO. The Balaban J connectivity index is 2.99. The molecule has 0 radical (unpaired) electrons. The van der Waals surface area contributed by atoms with Gasteiger partial charge in [-0.3, -0.25) is 9.69 Å². The highest BCUT2D eigenvalue weighted by molar-refractivity contribution is 5.92. The number of carbonyl (C=O) groups excluding carboxylic acids is 1. The molecule has 2 heteroatoms. The van der Waals surface area contributed by atoms with Gasteiger partial charge in [0.15, 0.2) is 5.78 Å². The SMILES string of the molecule is CN(C)C1(C(=O)C(C)(C)C)CCCCCC1. The van der Waals surface area contributed by atoms with Gasteiger partial charge in [0.25, 0.3) is 0 Å². The number of carbonyl (C=O) groups is 1. The summed E-state index contributed by atoms with van der Waals surface area (Å²) in [5.74, 6) is 0.423. The van der Waals surface area contributed by atoms with Gasteiger partial charge < -0.3 is 0 Å². The minimum Gasteiger partial charge on any atom is -0.297 e. The molecule has 0 unspecified atom stereocenters. The number of nitrogens with zero attached hydrogens (tertiary/aromatic N) is 1. The first kappa shape index (κ1) is 13.7. The van der Waals surface area contributed by atoms with E-state index in [0.717, 1.165) is 12.8 Å². The molecule has 16 heavy (non-hydrogen) atoms. The van der Waals surface area contributed by atoms with Crippen LogP contribution in [0.2, 0.25) is 0 Å². The van der Waals surface area contributed by atoms with E-state index in [4.69, 9.17) is 0 Å². The second kappa shape index (κ2) is 4.87. The molecule has 0 aromatic carbocycles. The van der Waals surface area contributed by atoms with Crippen molar-refractivity contribution in [3.05, 3.63) is 0 Å². The molecule has 1 rings (SSSR count). The standard InChI is InChI=1S/C14H27NO/c1-13(2,3)12(16)14(15(4)5)10-8-6-7-9-11-14/h6-11H2,1-5H3. The highest BCUT2D eigenvalue weighted by Crippen LogP contribution is 2.37. The van der Waals surface area contributed by atoms with Crippen LogP contribution in [0.1, 0.15) is 59.3 Å². The molecule has 0 spiro atoms. The maximum absolute atomic E-state index is 12.7. The molecule has 1 fully saturated rings. The summed E-state index contributed by atoms with van der Waals surface area (Å²) in [6.45, 7) is 6.14. The van der Waals surface area contributed by atoms with Crippen molar-refractivity contribution in [2.24, 2.45) is 5.41 Å². The van der Waals surface area contributed by atoms with Crippen LogP contribution in [-0.4, -0.2) is 30.3 Å². The van der Waals surface area contributed by atoms with Crippen LogP contribution in [0.25, 0.3) is 0 Å². The van der Waals surface area contributed by atoms with E-state index in [9.17, 15) is 4.79 Å². The summed E-state index contributed by atoms with van der Waals surface area (Å²) in [6.07, 6.45) is 7.03. The Hall–Kier alpha value is -0.370. The zero-order valence-electron chi connectivity index (χ0n) is 11.6. The molecule has 0 bridgehead atoms. The van der Waals surface area contributed by atoms with Crippen molar-refractivity contribution in [3.63, 3.8) is 0 Å². The highest BCUT2D eigenvalue weighted by atomic mass is 16.1. The largest absolute Gasteiger partial charge is 0.297 e. The van der Waals surface area contributed by atoms with Crippen LogP contribution in [0.3, 0.4) is 0 Å². The van der Waals surface area contributed by atoms with Crippen LogP contribution in [0, 0.1) is 5.41 Å². The van der Waals surface area contributed by atoms with Crippen LogP contribution in [0.5, 0.6) is 0 Å². The van der Waals surface area contributed by atoms with Gasteiger partial charge in [0, 0.05) is 5.41 Å². The Kier molecular flexibility index (Phi) is 4.17. The fourth-order valence-corrected chi connectivity index (χ4v) is 2.89. The normalized spacial score (nSPS) is 21.9. The van der Waals surface area contributed by atoms with E-state index in [2.05, 4.69) is 19.0 Å². The number of hydrogen-bond acceptors (Lipinski definition) is 2. The molecule has 0 N–H and O–H groups in total. The minimum atomic E-state index is -0.228. The topological polar surface area (TPSA) is 20.3 Å². The highest BCUT2D eigenvalue weighted by Gasteiger charge is 2.44. The van der Waals surface area contributed by atoms with E-state index < -0.39 is 0 Å². The smallest absolute Gasteiger partial charge is 0.158 e. The second-order valence-corrected chi connectivity index (χ2v) is 6.42. The lowest BCUT2D eigenvalue weighted by molar-refractivity contribution is -0.138. The monoisotopic (exact) mass is 225 g/mol. The minimum absolute atomic E-state index is 0.200. The summed E-state index contributed by atoms with van der Waals surface area (Å²) in [5.41, 5.74) is -0.427. The van der Waals surface area contributed by atoms with E-state index in [1.165, 1.54) is 25.7 Å². The average molecular weight is 225 g/mol. The fourth-order valence-electron chi connectivity index (χ4n) is 2.89. The molecule has 0 amide bonds. The number of Topliss-reactive ketones (excluding diaryl/α,β-unsaturated/α-hetero) is 1. The maximum atomic E-state index is 12.7. The zero-order valence-corrected chi connectivity index (χ0v) is 11.6. The van der Waals surface area contributed by atoms with Gasteiger partial charge in [0.05, 0.1) is 5.54 Å². The average Bonchev–Trinajstić information content (AvgIpc) is 2.40. The summed E-state index contributed by atoms with van der Waals surface area (Å²) < 4.78 is 0. The Morgan fingerprint density at radius 3 is 1.75 bits per heavy atom. The van der Waals surface area contributed by atoms with Gasteiger partial charge >= 0.3 is 0 Å². The van der Waals surface area contributed by atoms with Crippen LogP contribution in [-0.2, 0) is 4.79 Å². The van der Waals surface area contributed by atoms with Crippen molar-refractivity contribution in [1.82, 2.24) is 4.90 Å². The Morgan fingerprint density at radius 2 is 1.44 bits per heavy atom. The first-order valence-electron chi connectivity index (χ1n) is 6.53. The molecule has 1 aliphatic carbocycles. The molecule has 2 nitrogen and oxygen atoms in total. The van der Waals surface area contributed by atoms with Crippen molar-refractivity contribution in [2.45, 2.75) is 64.8 Å². The van der Waals surface area contributed by atoms with Gasteiger partial charge in [-0.25, -0.2) is 0 Å². The molecule has 0 aromatic heterocycles. The van der Waals surface area contributed by atoms with E-state index in [-0.39, 0.29) is 11.0 Å². The van der Waals surface area contributed by atoms with E-state index in [1.54, 1.807) is 0 Å². The third-order valence-electron chi connectivity index (χ3n) is 3.89. The predicted octanol–water partition coefficient (Wildman–Crippen LogP) is 3.26. The van der Waals surface area contributed by atoms with E-state index in [0.29, 0.717) is 5.78 Å². The molecule has 94 valence electrons. The first-order chi connectivity index (χ1) is 7.31. The van der Waals surface area contributed by atoms with Gasteiger partial charge in [-0.1, -0.05) is 46.5 Å². The molecule has 1 aliphatic rings.